The van der Waals surface area contributed by atoms with Gasteiger partial charge in [-0.15, -0.1) is 5.54 Å². The fourth-order valence-electron chi connectivity index (χ4n) is 0.919. The van der Waals surface area contributed by atoms with Gasteiger partial charge in [-0.05, 0) is 0 Å². The van der Waals surface area contributed by atoms with Gasteiger partial charge in [0, 0.05) is 0 Å². The summed E-state index contributed by atoms with van der Waals surface area (Å²) >= 11 is 0. The summed E-state index contributed by atoms with van der Waals surface area (Å²) in [4.78, 5) is 0. The first kappa shape index (κ1) is 14.9. The summed E-state index contributed by atoms with van der Waals surface area (Å²) in [6, 6.07) is 0. The minimum Gasteiger partial charge on any atom is -0.678 e. The first-order valence-corrected chi connectivity index (χ1v) is 4.38. The zero-order valence-corrected chi connectivity index (χ0v) is 9.76. The molecule has 0 bridgehead atoms. The molecule has 0 aliphatic rings. The molecule has 0 aromatic heterocycles. The van der Waals surface area contributed by atoms with E-state index in [1.54, 1.807) is 0 Å². The van der Waals surface area contributed by atoms with Crippen LogP contribution in [0, 0.1) is 0 Å². The average molecular weight is 215 g/mol. The molecule has 0 heterocycles. The van der Waals surface area contributed by atoms with E-state index in [9.17, 15) is 0 Å². The molecule has 0 aliphatic carbocycles. The minimum atomic E-state index is 0. The van der Waals surface area contributed by atoms with Gasteiger partial charge in [0.1, 0.15) is 0 Å². The Kier molecular flexibility index (Phi) is 8.57. The normalized spacial score (nSPS) is 13.8. The Balaban J connectivity index is 0. The average Bonchev–Trinajstić information content (AvgIpc) is 1.84. The van der Waals surface area contributed by atoms with Gasteiger partial charge in [-0.1, -0.05) is 41.0 Å². The summed E-state index contributed by atoms with van der Waals surface area (Å²) in [7, 11) is 0. The number of rotatable bonds is 4. The predicted octanol–water partition coefficient (Wildman–Crippen LogP) is 3.29. The molecule has 1 unspecified atom stereocenters. The van der Waals surface area contributed by atoms with E-state index in [2.05, 4.69) is 45.3 Å². The molecule has 0 saturated carbocycles. The molecule has 3 heteroatoms. The second kappa shape index (κ2) is 6.89. The predicted molar refractivity (Wildman–Crippen MR) is 51.1 cm³/mol. The van der Waals surface area contributed by atoms with Crippen molar-refractivity contribution < 1.29 is 16.8 Å². The van der Waals surface area contributed by atoms with Crippen molar-refractivity contribution in [1.29, 1.82) is 0 Å². The van der Waals surface area contributed by atoms with Crippen LogP contribution in [0.3, 0.4) is 0 Å². The van der Waals surface area contributed by atoms with Crippen molar-refractivity contribution in [2.24, 2.45) is 0 Å². The van der Waals surface area contributed by atoms with E-state index < -0.39 is 0 Å². The monoisotopic (exact) mass is 215 g/mol. The molecular weight excluding hydrogens is 195 g/mol. The third-order valence-corrected chi connectivity index (χ3v) is 1.29. The standard InChI is InChI=1S/C9H20N2.Co/c1-6-8(10-7-2)11-9(3,4)5;/h8H,6-7H2,1-5H3;/q-2;+2. The Bertz CT molecular complexity index is 99.2. The third kappa shape index (κ3) is 8.52. The van der Waals surface area contributed by atoms with Crippen LogP contribution in [0.4, 0.5) is 0 Å². The second-order valence-electron chi connectivity index (χ2n) is 3.69. The second-order valence-corrected chi connectivity index (χ2v) is 3.69. The van der Waals surface area contributed by atoms with E-state index >= 15 is 0 Å². The Morgan fingerprint density at radius 1 is 1.17 bits per heavy atom. The van der Waals surface area contributed by atoms with Crippen molar-refractivity contribution in [2.45, 2.75) is 52.7 Å². The van der Waals surface area contributed by atoms with Gasteiger partial charge in [0.05, 0.1) is 0 Å². The van der Waals surface area contributed by atoms with Crippen LogP contribution in [0.2, 0.25) is 0 Å². The van der Waals surface area contributed by atoms with Gasteiger partial charge in [-0.25, -0.2) is 6.17 Å². The van der Waals surface area contributed by atoms with Gasteiger partial charge in [-0.3, -0.25) is 0 Å². The minimum absolute atomic E-state index is 0. The van der Waals surface area contributed by atoms with E-state index in [0.717, 1.165) is 13.0 Å². The van der Waals surface area contributed by atoms with Gasteiger partial charge in [0.2, 0.25) is 0 Å². The molecule has 0 aromatic rings. The smallest absolute Gasteiger partial charge is 0.678 e. The molecule has 0 aliphatic heterocycles. The molecule has 0 spiro atoms. The zero-order valence-electron chi connectivity index (χ0n) is 8.72. The van der Waals surface area contributed by atoms with Crippen LogP contribution in [-0.2, 0) is 16.8 Å². The quantitative estimate of drug-likeness (QED) is 0.688. The first-order chi connectivity index (χ1) is 4.99. The summed E-state index contributed by atoms with van der Waals surface area (Å²) in [6.45, 7) is 11.4. The van der Waals surface area contributed by atoms with Gasteiger partial charge in [-0.2, -0.15) is 6.54 Å². The van der Waals surface area contributed by atoms with Crippen LogP contribution in [0.1, 0.15) is 41.0 Å². The maximum Gasteiger partial charge on any atom is 2.00 e. The number of nitrogens with zero attached hydrogens (tertiary/aromatic N) is 2. The summed E-state index contributed by atoms with van der Waals surface area (Å²) in [6.07, 6.45) is 1.23. The Hall–Kier alpha value is 0.426. The molecule has 0 saturated heterocycles. The van der Waals surface area contributed by atoms with Crippen molar-refractivity contribution in [3.05, 3.63) is 10.6 Å². The molecule has 0 amide bonds. The van der Waals surface area contributed by atoms with Crippen molar-refractivity contribution in [1.82, 2.24) is 0 Å². The van der Waals surface area contributed by atoms with E-state index in [0.29, 0.717) is 0 Å². The molecule has 2 nitrogen and oxygen atoms in total. The zero-order chi connectivity index (χ0) is 8.91. The van der Waals surface area contributed by atoms with E-state index in [1.165, 1.54) is 0 Å². The van der Waals surface area contributed by atoms with Crippen molar-refractivity contribution >= 4 is 0 Å². The molecule has 12 heavy (non-hydrogen) atoms. The SMILES string of the molecule is CC[N-]C(CC)[N-]C(C)(C)C.[Co+2]. The fourth-order valence-corrected chi connectivity index (χ4v) is 0.919. The van der Waals surface area contributed by atoms with Gasteiger partial charge in [0.15, 0.2) is 0 Å². The van der Waals surface area contributed by atoms with Crippen molar-refractivity contribution in [3.63, 3.8) is 0 Å². The van der Waals surface area contributed by atoms with E-state index in [4.69, 9.17) is 0 Å². The molecule has 75 valence electrons. The van der Waals surface area contributed by atoms with Crippen molar-refractivity contribution in [3.8, 4) is 0 Å². The maximum atomic E-state index is 4.55. The number of hydrogen-bond acceptors (Lipinski definition) is 0. The molecule has 0 rings (SSSR count). The summed E-state index contributed by atoms with van der Waals surface area (Å²) in [5.41, 5.74) is 0.0549. The summed E-state index contributed by atoms with van der Waals surface area (Å²) in [5.74, 6) is 0. The number of hydrogen-bond donors (Lipinski definition) is 0. The van der Waals surface area contributed by atoms with Crippen LogP contribution in [0.5, 0.6) is 0 Å². The van der Waals surface area contributed by atoms with E-state index in [1.807, 2.05) is 0 Å². The Morgan fingerprint density at radius 3 is 1.92 bits per heavy atom. The van der Waals surface area contributed by atoms with Crippen LogP contribution in [-0.4, -0.2) is 18.2 Å². The van der Waals surface area contributed by atoms with Gasteiger partial charge >= 0.3 is 16.8 Å². The van der Waals surface area contributed by atoms with E-state index in [-0.39, 0.29) is 28.5 Å². The Labute approximate surface area is 87.1 Å². The van der Waals surface area contributed by atoms with Gasteiger partial charge in [0.25, 0.3) is 0 Å². The van der Waals surface area contributed by atoms with Crippen LogP contribution in [0.15, 0.2) is 0 Å². The van der Waals surface area contributed by atoms with Crippen LogP contribution in [0.25, 0.3) is 10.6 Å². The van der Waals surface area contributed by atoms with Crippen molar-refractivity contribution in [2.75, 3.05) is 6.54 Å². The van der Waals surface area contributed by atoms with Crippen LogP contribution < -0.4 is 0 Å². The largest absolute Gasteiger partial charge is 2.00 e. The maximum absolute atomic E-state index is 4.55. The molecule has 0 fully saturated rings. The summed E-state index contributed by atoms with van der Waals surface area (Å²) in [5, 5.41) is 8.91. The van der Waals surface area contributed by atoms with Gasteiger partial charge < -0.3 is 10.6 Å². The fraction of sp³-hybridized carbons (Fsp3) is 1.00. The summed E-state index contributed by atoms with van der Waals surface area (Å²) < 4.78 is 0. The topological polar surface area (TPSA) is 28.2 Å². The molecule has 1 radical (unpaired) electrons. The molecule has 0 aromatic carbocycles. The Morgan fingerprint density at radius 2 is 1.67 bits per heavy atom. The molecular formula is C9H20CoN2. The molecule has 1 atom stereocenters. The molecule has 0 N–H and O–H groups in total. The van der Waals surface area contributed by atoms with Crippen LogP contribution >= 0.6 is 0 Å². The third-order valence-electron chi connectivity index (χ3n) is 1.29. The first-order valence-electron chi connectivity index (χ1n) is 4.38.